The van der Waals surface area contributed by atoms with E-state index in [0.717, 1.165) is 32.1 Å². The van der Waals surface area contributed by atoms with Crippen molar-refractivity contribution in [3.05, 3.63) is 0 Å². The molecule has 4 saturated carbocycles. The van der Waals surface area contributed by atoms with Gasteiger partial charge < -0.3 is 10.2 Å². The molecule has 0 bridgehead atoms. The fourth-order valence-corrected chi connectivity index (χ4v) is 8.52. The van der Waals surface area contributed by atoms with Crippen LogP contribution in [0, 0.1) is 46.3 Å². The van der Waals surface area contributed by atoms with Crippen LogP contribution in [0.25, 0.3) is 0 Å². The van der Waals surface area contributed by atoms with Gasteiger partial charge in [-0.3, -0.25) is 9.59 Å². The highest BCUT2D eigenvalue weighted by Crippen LogP contribution is 2.68. The lowest BCUT2D eigenvalue weighted by Gasteiger charge is -2.62. The molecular weight excluding hydrogens is 352 g/mol. The monoisotopic (exact) mass is 390 g/mol. The molecule has 4 aliphatic carbocycles. The first kappa shape index (κ1) is 20.4. The smallest absolute Gasteiger partial charge is 0.303 e. The molecule has 4 aliphatic rings. The summed E-state index contributed by atoms with van der Waals surface area (Å²) in [6, 6.07) is 0. The van der Waals surface area contributed by atoms with E-state index < -0.39 is 5.97 Å². The third-order valence-corrected chi connectivity index (χ3v) is 10.2. The van der Waals surface area contributed by atoms with E-state index >= 15 is 0 Å². The summed E-state index contributed by atoms with van der Waals surface area (Å²) in [6.45, 7) is 6.93. The second-order valence-electron chi connectivity index (χ2n) is 11.1. The molecule has 4 nitrogen and oxygen atoms in total. The van der Waals surface area contributed by atoms with E-state index in [1.807, 2.05) is 0 Å². The Morgan fingerprint density at radius 3 is 2.64 bits per heavy atom. The average molecular weight is 391 g/mol. The molecule has 28 heavy (non-hydrogen) atoms. The van der Waals surface area contributed by atoms with Crippen molar-refractivity contribution in [3.8, 4) is 0 Å². The van der Waals surface area contributed by atoms with Gasteiger partial charge in [-0.05, 0) is 91.3 Å². The van der Waals surface area contributed by atoms with Crippen LogP contribution in [0.4, 0.5) is 0 Å². The van der Waals surface area contributed by atoms with E-state index in [4.69, 9.17) is 5.11 Å². The first-order valence-corrected chi connectivity index (χ1v) is 11.6. The number of aliphatic hydroxyl groups excluding tert-OH is 1. The molecule has 0 aromatic carbocycles. The van der Waals surface area contributed by atoms with Gasteiger partial charge >= 0.3 is 5.97 Å². The standard InChI is InChI=1S/C24H38O4/c1-14(4-9-22(27)28)18-7-8-19-17-6-5-15-12-16(25)10-11-23(15,2)20(17)13-21(26)24(18,19)3/h14-15,17-21,26H,4-13H2,1-3H3,(H,27,28)/t14-,15-,17?,18-,19?,20+,21+,23+,24-/m1/s1. The minimum atomic E-state index is -0.714. The summed E-state index contributed by atoms with van der Waals surface area (Å²) in [5, 5.41) is 20.5. The van der Waals surface area contributed by atoms with Crippen LogP contribution in [0.15, 0.2) is 0 Å². The maximum atomic E-state index is 12.1. The molecule has 4 heteroatoms. The van der Waals surface area contributed by atoms with E-state index in [-0.39, 0.29) is 23.4 Å². The molecule has 0 aliphatic heterocycles. The van der Waals surface area contributed by atoms with E-state index in [2.05, 4.69) is 20.8 Å². The van der Waals surface area contributed by atoms with Crippen LogP contribution in [0.2, 0.25) is 0 Å². The number of carboxylic acid groups (broad SMARTS) is 1. The van der Waals surface area contributed by atoms with Crippen molar-refractivity contribution in [2.24, 2.45) is 46.3 Å². The first-order chi connectivity index (χ1) is 13.2. The normalized spacial score (nSPS) is 49.1. The molecular formula is C24H38O4. The molecule has 0 amide bonds. The van der Waals surface area contributed by atoms with Crippen LogP contribution >= 0.6 is 0 Å². The van der Waals surface area contributed by atoms with Gasteiger partial charge in [0.1, 0.15) is 5.78 Å². The Bertz CT molecular complexity index is 645. The lowest BCUT2D eigenvalue weighted by Crippen LogP contribution is -2.58. The lowest BCUT2D eigenvalue weighted by atomic mass is 9.44. The topological polar surface area (TPSA) is 74.6 Å². The van der Waals surface area contributed by atoms with Crippen molar-refractivity contribution in [1.82, 2.24) is 0 Å². The van der Waals surface area contributed by atoms with Crippen LogP contribution < -0.4 is 0 Å². The number of Topliss-reactive ketones (excluding diaryl/α,β-unsaturated/α-hetero) is 1. The Morgan fingerprint density at radius 2 is 1.93 bits per heavy atom. The van der Waals surface area contributed by atoms with Crippen molar-refractivity contribution in [3.63, 3.8) is 0 Å². The summed E-state index contributed by atoms with van der Waals surface area (Å²) in [6.07, 6.45) is 8.69. The van der Waals surface area contributed by atoms with Crippen LogP contribution in [0.5, 0.6) is 0 Å². The van der Waals surface area contributed by atoms with Gasteiger partial charge in [0.25, 0.3) is 0 Å². The molecule has 0 aromatic heterocycles. The van der Waals surface area contributed by atoms with Gasteiger partial charge in [-0.15, -0.1) is 0 Å². The van der Waals surface area contributed by atoms with Crippen LogP contribution in [0.3, 0.4) is 0 Å². The predicted octanol–water partition coefficient (Wildman–Crippen LogP) is 4.69. The van der Waals surface area contributed by atoms with Crippen molar-refractivity contribution in [2.45, 2.75) is 91.1 Å². The molecule has 0 saturated heterocycles. The lowest BCUT2D eigenvalue weighted by molar-refractivity contribution is -0.171. The summed E-state index contributed by atoms with van der Waals surface area (Å²) in [5.41, 5.74) is 0.138. The number of ketones is 1. The number of aliphatic carboxylic acids is 1. The Balaban J connectivity index is 1.57. The minimum Gasteiger partial charge on any atom is -0.481 e. The van der Waals surface area contributed by atoms with Crippen LogP contribution in [-0.4, -0.2) is 28.1 Å². The van der Waals surface area contributed by atoms with E-state index in [0.29, 0.717) is 47.7 Å². The van der Waals surface area contributed by atoms with E-state index in [1.165, 1.54) is 19.3 Å². The molecule has 158 valence electrons. The Morgan fingerprint density at radius 1 is 1.18 bits per heavy atom. The fourth-order valence-electron chi connectivity index (χ4n) is 8.52. The van der Waals surface area contributed by atoms with Gasteiger partial charge in [0.15, 0.2) is 0 Å². The maximum absolute atomic E-state index is 12.1. The molecule has 0 aromatic rings. The van der Waals surface area contributed by atoms with E-state index in [1.54, 1.807) is 0 Å². The van der Waals surface area contributed by atoms with Gasteiger partial charge in [0.05, 0.1) is 6.10 Å². The van der Waals surface area contributed by atoms with Gasteiger partial charge in [0, 0.05) is 19.3 Å². The number of hydrogen-bond acceptors (Lipinski definition) is 3. The Kier molecular flexibility index (Phi) is 5.17. The number of carbonyl (C=O) groups excluding carboxylic acids is 1. The number of carboxylic acids is 1. The summed E-state index contributed by atoms with van der Waals surface area (Å²) in [7, 11) is 0. The van der Waals surface area contributed by atoms with Crippen LogP contribution in [-0.2, 0) is 9.59 Å². The number of fused-ring (bicyclic) bond motifs is 5. The van der Waals surface area contributed by atoms with Crippen molar-refractivity contribution in [2.75, 3.05) is 0 Å². The molecule has 0 spiro atoms. The second kappa shape index (κ2) is 7.11. The van der Waals surface area contributed by atoms with Gasteiger partial charge in [0.2, 0.25) is 0 Å². The summed E-state index contributed by atoms with van der Waals surface area (Å²) >= 11 is 0. The highest BCUT2D eigenvalue weighted by Gasteiger charge is 2.63. The zero-order valence-electron chi connectivity index (χ0n) is 17.8. The SMILES string of the molecule is C[C@H](CCC(=O)O)[C@H]1CCC2C3CC[C@@H]4CC(=O)CC[C@]4(C)[C@H]3C[C@H](O)[C@@]21C. The molecule has 0 heterocycles. The van der Waals surface area contributed by atoms with E-state index in [9.17, 15) is 14.7 Å². The molecule has 4 fully saturated rings. The number of hydrogen-bond donors (Lipinski definition) is 2. The maximum Gasteiger partial charge on any atom is 0.303 e. The average Bonchev–Trinajstić information content (AvgIpc) is 3.00. The molecule has 9 atom stereocenters. The molecule has 2 unspecified atom stereocenters. The largest absolute Gasteiger partial charge is 0.481 e. The number of rotatable bonds is 4. The second-order valence-corrected chi connectivity index (χ2v) is 11.1. The zero-order chi connectivity index (χ0) is 20.3. The minimum absolute atomic E-state index is 0.0766. The summed E-state index contributed by atoms with van der Waals surface area (Å²) in [4.78, 5) is 23.1. The number of aliphatic hydroxyl groups is 1. The third-order valence-electron chi connectivity index (χ3n) is 10.2. The number of carbonyl (C=O) groups is 2. The Hall–Kier alpha value is -0.900. The highest BCUT2D eigenvalue weighted by molar-refractivity contribution is 5.79. The molecule has 0 radical (unpaired) electrons. The highest BCUT2D eigenvalue weighted by atomic mass is 16.4. The first-order valence-electron chi connectivity index (χ1n) is 11.6. The van der Waals surface area contributed by atoms with Gasteiger partial charge in [-0.25, -0.2) is 0 Å². The van der Waals surface area contributed by atoms with Gasteiger partial charge in [-0.2, -0.15) is 0 Å². The van der Waals surface area contributed by atoms with Gasteiger partial charge in [-0.1, -0.05) is 20.8 Å². The third kappa shape index (κ3) is 2.97. The molecule has 4 rings (SSSR count). The quantitative estimate of drug-likeness (QED) is 0.730. The summed E-state index contributed by atoms with van der Waals surface area (Å²) < 4.78 is 0. The zero-order valence-corrected chi connectivity index (χ0v) is 17.8. The van der Waals surface area contributed by atoms with Crippen molar-refractivity contribution >= 4 is 11.8 Å². The predicted molar refractivity (Wildman–Crippen MR) is 108 cm³/mol. The van der Waals surface area contributed by atoms with Crippen molar-refractivity contribution < 1.29 is 19.8 Å². The fraction of sp³-hybridized carbons (Fsp3) is 0.917. The van der Waals surface area contributed by atoms with Crippen LogP contribution in [0.1, 0.15) is 85.0 Å². The van der Waals surface area contributed by atoms with Crippen molar-refractivity contribution in [1.29, 1.82) is 0 Å². The summed E-state index contributed by atoms with van der Waals surface area (Å²) in [5.74, 6) is 2.76. The Labute approximate surface area is 169 Å². The molecule has 2 N–H and O–H groups in total.